The predicted molar refractivity (Wildman–Crippen MR) is 70.5 cm³/mol. The second kappa shape index (κ2) is 6.08. The van der Waals surface area contributed by atoms with Crippen LogP contribution in [0.15, 0.2) is 29.2 Å². The number of thioether (sulfide) groups is 1. The Hall–Kier alpha value is -0.830. The highest BCUT2D eigenvalue weighted by Crippen LogP contribution is 2.33. The zero-order valence-electron chi connectivity index (χ0n) is 10.1. The Kier molecular flexibility index (Phi) is 4.67. The van der Waals surface area contributed by atoms with Gasteiger partial charge in [-0.1, -0.05) is 11.8 Å². The van der Waals surface area contributed by atoms with E-state index < -0.39 is 36.5 Å². The monoisotopic (exact) mass is 287 g/mol. The zero-order chi connectivity index (χ0) is 14.0. The van der Waals surface area contributed by atoms with Gasteiger partial charge in [0.1, 0.15) is 29.9 Å². The number of nitrogen functional groups attached to an aromatic ring is 1. The fourth-order valence-corrected chi connectivity index (χ4v) is 2.91. The molecule has 1 heterocycles. The van der Waals surface area contributed by atoms with Crippen LogP contribution in [0, 0.1) is 0 Å². The molecule has 0 spiro atoms. The molecule has 1 saturated heterocycles. The Morgan fingerprint density at radius 3 is 2.26 bits per heavy atom. The first kappa shape index (κ1) is 14.6. The van der Waals surface area contributed by atoms with Crippen molar-refractivity contribution in [1.82, 2.24) is 0 Å². The minimum atomic E-state index is -1.35. The van der Waals surface area contributed by atoms with Gasteiger partial charge in [0.15, 0.2) is 0 Å². The molecule has 0 saturated carbocycles. The number of anilines is 1. The van der Waals surface area contributed by atoms with E-state index in [1.807, 2.05) is 0 Å². The summed E-state index contributed by atoms with van der Waals surface area (Å²) in [5.74, 6) is 0. The van der Waals surface area contributed by atoms with Crippen molar-refractivity contribution in [2.24, 2.45) is 0 Å². The largest absolute Gasteiger partial charge is 0.399 e. The quantitative estimate of drug-likeness (QED) is 0.460. The average molecular weight is 287 g/mol. The van der Waals surface area contributed by atoms with Gasteiger partial charge in [0, 0.05) is 10.6 Å². The van der Waals surface area contributed by atoms with Crippen LogP contribution < -0.4 is 5.73 Å². The van der Waals surface area contributed by atoms with E-state index in [1.54, 1.807) is 24.3 Å². The van der Waals surface area contributed by atoms with Gasteiger partial charge in [0.05, 0.1) is 6.61 Å². The number of hydrogen-bond donors (Lipinski definition) is 5. The molecular formula is C12H17NO5S. The maximum absolute atomic E-state index is 9.87. The molecule has 0 bridgehead atoms. The second-order valence-electron chi connectivity index (χ2n) is 4.38. The first-order valence-corrected chi connectivity index (χ1v) is 6.73. The summed E-state index contributed by atoms with van der Waals surface area (Å²) in [7, 11) is 0. The molecular weight excluding hydrogens is 270 g/mol. The third-order valence-electron chi connectivity index (χ3n) is 2.98. The molecule has 6 N–H and O–H groups in total. The smallest absolute Gasteiger partial charge is 0.136 e. The standard InChI is InChI=1S/C12H17NO5S/c13-6-1-3-7(4-2-6)19-12-11(17)10(16)9(15)8(5-14)18-12/h1-4,8-12,14-17H,5,13H2. The molecule has 0 radical (unpaired) electrons. The van der Waals surface area contributed by atoms with E-state index >= 15 is 0 Å². The Balaban J connectivity index is 2.08. The Bertz CT molecular complexity index is 413. The molecule has 1 aromatic carbocycles. The van der Waals surface area contributed by atoms with Crippen LogP contribution in [0.1, 0.15) is 0 Å². The lowest BCUT2D eigenvalue weighted by molar-refractivity contribution is -0.205. The van der Waals surface area contributed by atoms with Crippen molar-refractivity contribution in [2.75, 3.05) is 12.3 Å². The maximum Gasteiger partial charge on any atom is 0.136 e. The molecule has 2 rings (SSSR count). The topological polar surface area (TPSA) is 116 Å². The summed E-state index contributed by atoms with van der Waals surface area (Å²) in [5, 5.41) is 38.3. The molecule has 0 amide bonds. The number of aliphatic hydroxyl groups excluding tert-OH is 4. The van der Waals surface area contributed by atoms with E-state index in [1.165, 1.54) is 11.8 Å². The van der Waals surface area contributed by atoms with Gasteiger partial charge in [-0.3, -0.25) is 0 Å². The van der Waals surface area contributed by atoms with Crippen LogP contribution in [0.25, 0.3) is 0 Å². The van der Waals surface area contributed by atoms with Crippen LogP contribution in [0.2, 0.25) is 0 Å². The molecule has 6 nitrogen and oxygen atoms in total. The lowest BCUT2D eigenvalue weighted by Gasteiger charge is -2.39. The Morgan fingerprint density at radius 2 is 1.68 bits per heavy atom. The first-order valence-electron chi connectivity index (χ1n) is 5.85. The van der Waals surface area contributed by atoms with E-state index in [0.29, 0.717) is 5.69 Å². The van der Waals surface area contributed by atoms with Crippen molar-refractivity contribution in [1.29, 1.82) is 0 Å². The first-order chi connectivity index (χ1) is 9.02. The predicted octanol–water partition coefficient (Wildman–Crippen LogP) is -0.839. The maximum atomic E-state index is 9.87. The molecule has 0 aliphatic carbocycles. The van der Waals surface area contributed by atoms with Gasteiger partial charge < -0.3 is 30.9 Å². The van der Waals surface area contributed by atoms with Gasteiger partial charge in [-0.15, -0.1) is 0 Å². The van der Waals surface area contributed by atoms with E-state index in [4.69, 9.17) is 15.6 Å². The zero-order valence-corrected chi connectivity index (χ0v) is 10.9. The molecule has 5 atom stereocenters. The van der Waals surface area contributed by atoms with Gasteiger partial charge in [0.2, 0.25) is 0 Å². The van der Waals surface area contributed by atoms with Gasteiger partial charge >= 0.3 is 0 Å². The Morgan fingerprint density at radius 1 is 1.05 bits per heavy atom. The summed E-state index contributed by atoms with van der Waals surface area (Å²) in [4.78, 5) is 0.804. The number of ether oxygens (including phenoxy) is 1. The minimum Gasteiger partial charge on any atom is -0.399 e. The molecule has 5 unspecified atom stereocenters. The average Bonchev–Trinajstić information content (AvgIpc) is 2.42. The van der Waals surface area contributed by atoms with E-state index in [0.717, 1.165) is 4.90 Å². The summed E-state index contributed by atoms with van der Waals surface area (Å²) < 4.78 is 5.39. The molecule has 1 aliphatic rings. The summed E-state index contributed by atoms with van der Waals surface area (Å²) in [6.45, 7) is -0.427. The van der Waals surface area contributed by atoms with Gasteiger partial charge in [-0.2, -0.15) is 0 Å². The third-order valence-corrected chi connectivity index (χ3v) is 4.15. The van der Waals surface area contributed by atoms with Crippen LogP contribution >= 0.6 is 11.8 Å². The van der Waals surface area contributed by atoms with Crippen molar-refractivity contribution in [3.63, 3.8) is 0 Å². The molecule has 1 fully saturated rings. The highest BCUT2D eigenvalue weighted by molar-refractivity contribution is 7.99. The summed E-state index contributed by atoms with van der Waals surface area (Å²) in [6, 6.07) is 6.96. The number of hydrogen-bond acceptors (Lipinski definition) is 7. The normalized spacial score (nSPS) is 35.3. The Labute approximate surface area is 114 Å². The highest BCUT2D eigenvalue weighted by Gasteiger charge is 2.43. The molecule has 0 aromatic heterocycles. The fraction of sp³-hybridized carbons (Fsp3) is 0.500. The van der Waals surface area contributed by atoms with E-state index in [2.05, 4.69) is 0 Å². The fourth-order valence-electron chi connectivity index (χ4n) is 1.85. The molecule has 7 heteroatoms. The van der Waals surface area contributed by atoms with E-state index in [9.17, 15) is 15.3 Å². The molecule has 1 aliphatic heterocycles. The number of rotatable bonds is 3. The molecule has 1 aromatic rings. The van der Waals surface area contributed by atoms with Crippen molar-refractivity contribution in [2.45, 2.75) is 34.7 Å². The SMILES string of the molecule is Nc1ccc(SC2OC(CO)C(O)C(O)C2O)cc1. The van der Waals surface area contributed by atoms with Crippen LogP contribution in [-0.4, -0.2) is 56.9 Å². The van der Waals surface area contributed by atoms with Crippen molar-refractivity contribution in [3.8, 4) is 0 Å². The van der Waals surface area contributed by atoms with Crippen LogP contribution in [0.3, 0.4) is 0 Å². The van der Waals surface area contributed by atoms with Crippen molar-refractivity contribution in [3.05, 3.63) is 24.3 Å². The number of benzene rings is 1. The second-order valence-corrected chi connectivity index (χ2v) is 5.56. The molecule has 19 heavy (non-hydrogen) atoms. The van der Waals surface area contributed by atoms with Crippen LogP contribution in [0.4, 0.5) is 5.69 Å². The van der Waals surface area contributed by atoms with Gasteiger partial charge in [-0.25, -0.2) is 0 Å². The van der Waals surface area contributed by atoms with Crippen molar-refractivity contribution >= 4 is 17.4 Å². The highest BCUT2D eigenvalue weighted by atomic mass is 32.2. The lowest BCUT2D eigenvalue weighted by atomic mass is 10.0. The van der Waals surface area contributed by atoms with Crippen LogP contribution in [-0.2, 0) is 4.74 Å². The third kappa shape index (κ3) is 3.19. The molecule has 106 valence electrons. The summed E-state index contributed by atoms with van der Waals surface area (Å²) in [5.41, 5.74) is 5.43. The van der Waals surface area contributed by atoms with Crippen LogP contribution in [0.5, 0.6) is 0 Å². The minimum absolute atomic E-state index is 0.427. The number of nitrogens with two attached hydrogens (primary N) is 1. The van der Waals surface area contributed by atoms with Gasteiger partial charge in [-0.05, 0) is 24.3 Å². The summed E-state index contributed by atoms with van der Waals surface area (Å²) >= 11 is 1.20. The van der Waals surface area contributed by atoms with E-state index in [-0.39, 0.29) is 0 Å². The number of aliphatic hydroxyl groups is 4. The van der Waals surface area contributed by atoms with Crippen molar-refractivity contribution < 1.29 is 25.2 Å². The van der Waals surface area contributed by atoms with Gasteiger partial charge in [0.25, 0.3) is 0 Å². The lowest BCUT2D eigenvalue weighted by Crippen LogP contribution is -2.57. The summed E-state index contributed by atoms with van der Waals surface area (Å²) in [6.07, 6.45) is -4.80.